The smallest absolute Gasteiger partial charge is 0.142 e. The van der Waals surface area contributed by atoms with Crippen molar-refractivity contribution < 1.29 is 4.39 Å². The van der Waals surface area contributed by atoms with Crippen molar-refractivity contribution in [1.29, 1.82) is 0 Å². The van der Waals surface area contributed by atoms with Crippen molar-refractivity contribution in [2.45, 2.75) is 19.4 Å². The molecule has 1 rings (SSSR count). The molecule has 3 heteroatoms. The van der Waals surface area contributed by atoms with E-state index in [9.17, 15) is 4.39 Å². The van der Waals surface area contributed by atoms with E-state index in [-0.39, 0.29) is 16.9 Å². The highest BCUT2D eigenvalue weighted by atomic mass is 35.5. The topological polar surface area (TPSA) is 26.0 Å². The van der Waals surface area contributed by atoms with E-state index in [0.717, 1.165) is 5.56 Å². The van der Waals surface area contributed by atoms with Crippen LogP contribution in [0.15, 0.2) is 18.2 Å². The molecule has 12 heavy (non-hydrogen) atoms. The summed E-state index contributed by atoms with van der Waals surface area (Å²) in [5.41, 5.74) is 6.33. The average Bonchev–Trinajstić information content (AvgIpc) is 1.98. The monoisotopic (exact) mass is 187 g/mol. The summed E-state index contributed by atoms with van der Waals surface area (Å²) in [5.74, 6) is -0.380. The van der Waals surface area contributed by atoms with Gasteiger partial charge in [-0.15, -0.1) is 0 Å². The second-order valence-corrected chi connectivity index (χ2v) is 3.27. The lowest BCUT2D eigenvalue weighted by Gasteiger charge is -2.07. The van der Waals surface area contributed by atoms with Crippen LogP contribution in [0.3, 0.4) is 0 Å². The zero-order valence-corrected chi connectivity index (χ0v) is 7.61. The van der Waals surface area contributed by atoms with Gasteiger partial charge >= 0.3 is 0 Å². The molecule has 0 radical (unpaired) electrons. The Balaban J connectivity index is 2.92. The van der Waals surface area contributed by atoms with Crippen LogP contribution < -0.4 is 5.73 Å². The third kappa shape index (κ3) is 2.19. The van der Waals surface area contributed by atoms with E-state index in [2.05, 4.69) is 0 Å². The highest BCUT2D eigenvalue weighted by Crippen LogP contribution is 2.20. The first-order valence-electron chi connectivity index (χ1n) is 3.79. The highest BCUT2D eigenvalue weighted by Gasteiger charge is 2.06. The van der Waals surface area contributed by atoms with Gasteiger partial charge in [0.15, 0.2) is 0 Å². The van der Waals surface area contributed by atoms with Crippen molar-refractivity contribution in [1.82, 2.24) is 0 Å². The number of hydrogen-bond acceptors (Lipinski definition) is 1. The van der Waals surface area contributed by atoms with Crippen molar-refractivity contribution >= 4 is 11.6 Å². The molecule has 66 valence electrons. The van der Waals surface area contributed by atoms with Gasteiger partial charge in [0.05, 0.1) is 5.02 Å². The van der Waals surface area contributed by atoms with E-state index in [1.165, 1.54) is 6.07 Å². The summed E-state index contributed by atoms with van der Waals surface area (Å²) in [6.45, 7) is 1.86. The fourth-order valence-corrected chi connectivity index (χ4v) is 1.26. The van der Waals surface area contributed by atoms with Gasteiger partial charge in [0, 0.05) is 6.04 Å². The van der Waals surface area contributed by atoms with E-state index in [0.29, 0.717) is 6.42 Å². The second kappa shape index (κ2) is 3.87. The molecule has 1 aromatic rings. The lowest BCUT2D eigenvalue weighted by molar-refractivity contribution is 0.623. The molecule has 1 nitrogen and oxygen atoms in total. The maximum atomic E-state index is 12.9. The Kier molecular flexibility index (Phi) is 3.06. The van der Waals surface area contributed by atoms with Crippen LogP contribution in [0.25, 0.3) is 0 Å². The Morgan fingerprint density at radius 3 is 2.83 bits per heavy atom. The summed E-state index contributed by atoms with van der Waals surface area (Å²) in [7, 11) is 0. The first-order valence-corrected chi connectivity index (χ1v) is 4.17. The number of halogens is 2. The Bertz CT molecular complexity index is 273. The fraction of sp³-hybridized carbons (Fsp3) is 0.333. The Hall–Kier alpha value is -0.600. The van der Waals surface area contributed by atoms with E-state index in [1.807, 2.05) is 6.92 Å². The maximum Gasteiger partial charge on any atom is 0.142 e. The second-order valence-electron chi connectivity index (χ2n) is 2.89. The molecule has 0 fully saturated rings. The largest absolute Gasteiger partial charge is 0.328 e. The molecule has 0 aliphatic carbocycles. The molecule has 2 N–H and O–H groups in total. The van der Waals surface area contributed by atoms with Gasteiger partial charge in [-0.2, -0.15) is 0 Å². The molecule has 1 atom stereocenters. The Labute approximate surface area is 76.3 Å². The van der Waals surface area contributed by atoms with Gasteiger partial charge in [-0.25, -0.2) is 4.39 Å². The molecule has 0 amide bonds. The molecule has 0 unspecified atom stereocenters. The van der Waals surface area contributed by atoms with Crippen molar-refractivity contribution in [2.75, 3.05) is 0 Å². The Morgan fingerprint density at radius 1 is 1.58 bits per heavy atom. The van der Waals surface area contributed by atoms with Gasteiger partial charge in [-0.3, -0.25) is 0 Å². The van der Waals surface area contributed by atoms with Crippen LogP contribution in [0.1, 0.15) is 12.5 Å². The molecule has 0 spiro atoms. The van der Waals surface area contributed by atoms with Gasteiger partial charge in [-0.05, 0) is 25.0 Å². The van der Waals surface area contributed by atoms with Crippen LogP contribution in [-0.2, 0) is 6.42 Å². The predicted molar refractivity (Wildman–Crippen MR) is 48.8 cm³/mol. The van der Waals surface area contributed by atoms with E-state index in [1.54, 1.807) is 12.1 Å². The van der Waals surface area contributed by atoms with E-state index >= 15 is 0 Å². The maximum absolute atomic E-state index is 12.9. The lowest BCUT2D eigenvalue weighted by atomic mass is 10.1. The number of rotatable bonds is 2. The minimum Gasteiger partial charge on any atom is -0.328 e. The van der Waals surface area contributed by atoms with E-state index < -0.39 is 0 Å². The molecule has 1 aromatic carbocycles. The molecular weight excluding hydrogens is 177 g/mol. The number of nitrogens with two attached hydrogens (primary N) is 1. The lowest BCUT2D eigenvalue weighted by Crippen LogP contribution is -2.18. The third-order valence-corrected chi connectivity index (χ3v) is 2.00. The highest BCUT2D eigenvalue weighted by molar-refractivity contribution is 6.31. The van der Waals surface area contributed by atoms with Crippen LogP contribution in [-0.4, -0.2) is 6.04 Å². The minimum atomic E-state index is -0.380. The first-order chi connectivity index (χ1) is 5.61. The fourth-order valence-electron chi connectivity index (χ4n) is 1.05. The minimum absolute atomic E-state index is 0.00398. The van der Waals surface area contributed by atoms with Crippen molar-refractivity contribution in [3.05, 3.63) is 34.6 Å². The first kappa shape index (κ1) is 9.49. The summed E-state index contributed by atoms with van der Waals surface area (Å²) >= 11 is 5.71. The Morgan fingerprint density at radius 2 is 2.25 bits per heavy atom. The zero-order valence-electron chi connectivity index (χ0n) is 6.85. The molecule has 0 aromatic heterocycles. The molecule has 0 heterocycles. The van der Waals surface area contributed by atoms with Crippen LogP contribution in [0, 0.1) is 5.82 Å². The SMILES string of the molecule is C[C@H](N)Cc1cccc(F)c1Cl. The number of benzene rings is 1. The third-order valence-electron chi connectivity index (χ3n) is 1.57. The zero-order chi connectivity index (χ0) is 9.14. The summed E-state index contributed by atoms with van der Waals surface area (Å²) in [6.07, 6.45) is 0.608. The van der Waals surface area contributed by atoms with Crippen LogP contribution in [0.2, 0.25) is 5.02 Å². The summed E-state index contributed by atoms with van der Waals surface area (Å²) in [5, 5.41) is 0.190. The quantitative estimate of drug-likeness (QED) is 0.756. The summed E-state index contributed by atoms with van der Waals surface area (Å²) in [4.78, 5) is 0. The van der Waals surface area contributed by atoms with Gasteiger partial charge in [0.1, 0.15) is 5.82 Å². The normalized spacial score (nSPS) is 13.0. The van der Waals surface area contributed by atoms with Gasteiger partial charge < -0.3 is 5.73 Å². The van der Waals surface area contributed by atoms with Gasteiger partial charge in [0.2, 0.25) is 0 Å². The number of hydrogen-bond donors (Lipinski definition) is 1. The van der Waals surface area contributed by atoms with Crippen LogP contribution in [0.5, 0.6) is 0 Å². The molecule has 0 aliphatic heterocycles. The van der Waals surface area contributed by atoms with Crippen molar-refractivity contribution in [3.8, 4) is 0 Å². The standard InChI is InChI=1S/C9H11ClFN/c1-6(12)5-7-3-2-4-8(11)9(7)10/h2-4,6H,5,12H2,1H3/t6-/m0/s1. The van der Waals surface area contributed by atoms with Crippen LogP contribution >= 0.6 is 11.6 Å². The van der Waals surface area contributed by atoms with Crippen molar-refractivity contribution in [3.63, 3.8) is 0 Å². The molecule has 0 saturated heterocycles. The molecule has 0 aliphatic rings. The summed E-state index contributed by atoms with van der Waals surface area (Å²) in [6, 6.07) is 4.77. The average molecular weight is 188 g/mol. The van der Waals surface area contributed by atoms with Gasteiger partial charge in [-0.1, -0.05) is 23.7 Å². The molecule has 0 bridgehead atoms. The predicted octanol–water partition coefficient (Wildman–Crippen LogP) is 2.37. The van der Waals surface area contributed by atoms with Gasteiger partial charge in [0.25, 0.3) is 0 Å². The molecular formula is C9H11ClFN. The van der Waals surface area contributed by atoms with Crippen LogP contribution in [0.4, 0.5) is 4.39 Å². The van der Waals surface area contributed by atoms with E-state index in [4.69, 9.17) is 17.3 Å². The molecule has 0 saturated carbocycles. The summed E-state index contributed by atoms with van der Waals surface area (Å²) < 4.78 is 12.9. The van der Waals surface area contributed by atoms with Crippen molar-refractivity contribution in [2.24, 2.45) is 5.73 Å².